The van der Waals surface area contributed by atoms with E-state index in [0.29, 0.717) is 23.8 Å². The van der Waals surface area contributed by atoms with Crippen LogP contribution >= 0.6 is 0 Å². The van der Waals surface area contributed by atoms with Gasteiger partial charge in [0.05, 0.1) is 13.7 Å². The van der Waals surface area contributed by atoms with Crippen LogP contribution in [-0.4, -0.2) is 39.4 Å². The van der Waals surface area contributed by atoms with Gasteiger partial charge in [0.2, 0.25) is 11.7 Å². The number of aromatic nitrogens is 3. The van der Waals surface area contributed by atoms with E-state index in [-0.39, 0.29) is 17.5 Å². The van der Waals surface area contributed by atoms with Crippen LogP contribution in [0.2, 0.25) is 0 Å². The van der Waals surface area contributed by atoms with Crippen molar-refractivity contribution in [2.75, 3.05) is 7.11 Å². The van der Waals surface area contributed by atoms with Gasteiger partial charge >= 0.3 is 6.36 Å². The largest absolute Gasteiger partial charge is 0.573 e. The molecule has 1 aliphatic heterocycles. The van der Waals surface area contributed by atoms with Crippen molar-refractivity contribution in [2.45, 2.75) is 26.0 Å². The highest BCUT2D eigenvalue weighted by molar-refractivity contribution is 5.80. The second-order valence-corrected chi connectivity index (χ2v) is 6.53. The zero-order chi connectivity index (χ0) is 22.0. The van der Waals surface area contributed by atoms with Gasteiger partial charge in [-0.2, -0.15) is 4.98 Å². The summed E-state index contributed by atoms with van der Waals surface area (Å²) in [5.74, 6) is 1.34. The fraction of sp³-hybridized carbons (Fsp3) is 0.263. The maximum absolute atomic E-state index is 12.3. The monoisotopic (exact) mass is 434 g/mol. The molecule has 0 bridgehead atoms. The SMILES string of the molecule is COc1cc(CN2NC(c3nc(-c4ccc(OC(F)(F)F)cc4)no3)N=C2C)ccn1. The zero-order valence-corrected chi connectivity index (χ0v) is 16.4. The minimum Gasteiger partial charge on any atom is -0.481 e. The number of nitrogens with one attached hydrogen (secondary N) is 1. The average molecular weight is 434 g/mol. The number of hydrogen-bond donors (Lipinski definition) is 1. The van der Waals surface area contributed by atoms with Crippen LogP contribution in [0, 0.1) is 0 Å². The number of alkyl halides is 3. The molecule has 162 valence electrons. The van der Waals surface area contributed by atoms with Gasteiger partial charge < -0.3 is 14.0 Å². The number of nitrogens with zero attached hydrogens (tertiary/aromatic N) is 5. The minimum atomic E-state index is -4.75. The second kappa shape index (κ2) is 8.22. The molecule has 1 N–H and O–H groups in total. The predicted molar refractivity (Wildman–Crippen MR) is 102 cm³/mol. The molecule has 3 heterocycles. The molecule has 9 nitrogen and oxygen atoms in total. The summed E-state index contributed by atoms with van der Waals surface area (Å²) in [6.07, 6.45) is -3.68. The second-order valence-electron chi connectivity index (χ2n) is 6.53. The number of rotatable bonds is 6. The third-order valence-electron chi connectivity index (χ3n) is 4.36. The Hall–Kier alpha value is -3.67. The third kappa shape index (κ3) is 4.91. The minimum absolute atomic E-state index is 0.222. The van der Waals surface area contributed by atoms with E-state index < -0.39 is 12.5 Å². The van der Waals surface area contributed by atoms with Gasteiger partial charge in [0, 0.05) is 17.8 Å². The number of halogens is 3. The maximum atomic E-state index is 12.3. The molecule has 0 fully saturated rings. The van der Waals surface area contributed by atoms with E-state index in [0.717, 1.165) is 5.56 Å². The summed E-state index contributed by atoms with van der Waals surface area (Å²) in [6, 6.07) is 8.87. The molecule has 1 aromatic carbocycles. The van der Waals surface area contributed by atoms with Crippen molar-refractivity contribution < 1.29 is 27.2 Å². The number of hydrogen-bond acceptors (Lipinski definition) is 9. The van der Waals surface area contributed by atoms with E-state index >= 15 is 0 Å². The van der Waals surface area contributed by atoms with Crippen LogP contribution in [0.1, 0.15) is 24.5 Å². The summed E-state index contributed by atoms with van der Waals surface area (Å²) < 4.78 is 51.1. The topological polar surface area (TPSA) is 97.9 Å². The standard InChI is InChI=1S/C19H17F3N6O3/c1-11-24-17(26-28(11)10-12-7-8-23-15(9-12)29-2)18-25-16(27-31-18)13-3-5-14(6-4-13)30-19(20,21)22/h3-9,17,26H,10H2,1-2H3. The van der Waals surface area contributed by atoms with Gasteiger partial charge in [-0.3, -0.25) is 5.01 Å². The first kappa shape index (κ1) is 20.6. The molecule has 31 heavy (non-hydrogen) atoms. The first-order valence-electron chi connectivity index (χ1n) is 9.07. The van der Waals surface area contributed by atoms with E-state index in [1.165, 1.54) is 24.3 Å². The lowest BCUT2D eigenvalue weighted by atomic mass is 10.2. The van der Waals surface area contributed by atoms with Gasteiger partial charge in [0.15, 0.2) is 6.17 Å². The number of ether oxygens (including phenoxy) is 2. The third-order valence-corrected chi connectivity index (χ3v) is 4.36. The van der Waals surface area contributed by atoms with Gasteiger partial charge in [-0.25, -0.2) is 15.4 Å². The lowest BCUT2D eigenvalue weighted by Crippen LogP contribution is -2.36. The molecule has 0 saturated heterocycles. The zero-order valence-electron chi connectivity index (χ0n) is 16.4. The Morgan fingerprint density at radius 3 is 2.68 bits per heavy atom. The molecule has 2 aromatic heterocycles. The van der Waals surface area contributed by atoms with Gasteiger partial charge in [0.25, 0.3) is 5.89 Å². The quantitative estimate of drug-likeness (QED) is 0.630. The highest BCUT2D eigenvalue weighted by Crippen LogP contribution is 2.27. The summed E-state index contributed by atoms with van der Waals surface area (Å²) in [4.78, 5) is 12.9. The summed E-state index contributed by atoms with van der Waals surface area (Å²) in [5, 5.41) is 5.72. The summed E-state index contributed by atoms with van der Waals surface area (Å²) >= 11 is 0. The number of amidine groups is 1. The van der Waals surface area contributed by atoms with Crippen molar-refractivity contribution in [3.63, 3.8) is 0 Å². The molecule has 1 unspecified atom stereocenters. The lowest BCUT2D eigenvalue weighted by Gasteiger charge is -2.19. The number of hydrazine groups is 1. The Kier molecular flexibility index (Phi) is 5.46. The van der Waals surface area contributed by atoms with Crippen molar-refractivity contribution in [3.8, 4) is 23.0 Å². The predicted octanol–water partition coefficient (Wildman–Crippen LogP) is 3.48. The van der Waals surface area contributed by atoms with Crippen LogP contribution in [0.4, 0.5) is 13.2 Å². The normalized spacial score (nSPS) is 16.4. The first-order valence-corrected chi connectivity index (χ1v) is 9.07. The highest BCUT2D eigenvalue weighted by Gasteiger charge is 2.31. The smallest absolute Gasteiger partial charge is 0.481 e. The Morgan fingerprint density at radius 1 is 1.19 bits per heavy atom. The fourth-order valence-corrected chi connectivity index (χ4v) is 2.91. The van der Waals surface area contributed by atoms with Gasteiger partial charge in [-0.1, -0.05) is 5.16 Å². The Morgan fingerprint density at radius 2 is 1.97 bits per heavy atom. The van der Waals surface area contributed by atoms with Crippen LogP contribution in [0.3, 0.4) is 0 Å². The number of pyridine rings is 1. The van der Waals surface area contributed by atoms with E-state index in [9.17, 15) is 13.2 Å². The number of methoxy groups -OCH3 is 1. The van der Waals surface area contributed by atoms with E-state index in [1.807, 2.05) is 24.1 Å². The molecule has 0 radical (unpaired) electrons. The van der Waals surface area contributed by atoms with E-state index in [4.69, 9.17) is 9.26 Å². The van der Waals surface area contributed by atoms with Crippen LogP contribution in [-0.2, 0) is 6.54 Å². The van der Waals surface area contributed by atoms with Crippen LogP contribution in [0.25, 0.3) is 11.4 Å². The Bertz CT molecular complexity index is 1080. The van der Waals surface area contributed by atoms with Gasteiger partial charge in [-0.15, -0.1) is 13.2 Å². The van der Waals surface area contributed by atoms with Crippen molar-refractivity contribution >= 4 is 5.84 Å². The first-order chi connectivity index (χ1) is 14.8. The summed E-state index contributed by atoms with van der Waals surface area (Å²) in [5.41, 5.74) is 4.61. The van der Waals surface area contributed by atoms with E-state index in [1.54, 1.807) is 13.3 Å². The molecular formula is C19H17F3N6O3. The Balaban J connectivity index is 1.43. The molecule has 0 spiro atoms. The summed E-state index contributed by atoms with van der Waals surface area (Å²) in [6.45, 7) is 2.34. The van der Waals surface area contributed by atoms with E-state index in [2.05, 4.69) is 30.3 Å². The van der Waals surface area contributed by atoms with Crippen LogP contribution < -0.4 is 14.9 Å². The molecule has 1 aliphatic rings. The molecule has 0 saturated carbocycles. The van der Waals surface area contributed by atoms with Crippen molar-refractivity contribution in [1.29, 1.82) is 0 Å². The fourth-order valence-electron chi connectivity index (χ4n) is 2.91. The average Bonchev–Trinajstić information content (AvgIpc) is 3.35. The van der Waals surface area contributed by atoms with Crippen LogP contribution in [0.15, 0.2) is 52.1 Å². The molecule has 0 aliphatic carbocycles. The summed E-state index contributed by atoms with van der Waals surface area (Å²) in [7, 11) is 1.55. The maximum Gasteiger partial charge on any atom is 0.573 e. The molecule has 12 heteroatoms. The van der Waals surface area contributed by atoms with Crippen molar-refractivity contribution in [1.82, 2.24) is 25.6 Å². The van der Waals surface area contributed by atoms with Crippen molar-refractivity contribution in [2.24, 2.45) is 4.99 Å². The van der Waals surface area contributed by atoms with Gasteiger partial charge in [-0.05, 0) is 42.8 Å². The highest BCUT2D eigenvalue weighted by atomic mass is 19.4. The van der Waals surface area contributed by atoms with Gasteiger partial charge in [0.1, 0.15) is 11.6 Å². The van der Waals surface area contributed by atoms with Crippen LogP contribution in [0.5, 0.6) is 11.6 Å². The van der Waals surface area contributed by atoms with Crippen molar-refractivity contribution in [3.05, 3.63) is 54.0 Å². The molecule has 3 aromatic rings. The lowest BCUT2D eigenvalue weighted by molar-refractivity contribution is -0.274. The molecular weight excluding hydrogens is 417 g/mol. The Labute approximate surface area is 174 Å². The number of benzene rings is 1. The molecule has 1 atom stereocenters. The molecule has 4 rings (SSSR count). The number of aliphatic imine (C=N–C) groups is 1. The molecule has 0 amide bonds.